The van der Waals surface area contributed by atoms with Crippen LogP contribution >= 0.6 is 46.1 Å². The number of carbonyl (C=O) groups excluding carboxylic acids is 1. The fourth-order valence-corrected chi connectivity index (χ4v) is 6.79. The number of esters is 1. The van der Waals surface area contributed by atoms with Gasteiger partial charge in [0.1, 0.15) is 28.0 Å². The van der Waals surface area contributed by atoms with Gasteiger partial charge in [-0.25, -0.2) is 4.79 Å². The average molecular weight is 630 g/mol. The summed E-state index contributed by atoms with van der Waals surface area (Å²) < 4.78 is 23.5. The zero-order valence-corrected chi connectivity index (χ0v) is 25.0. The molecule has 0 saturated carbocycles. The Balaban J connectivity index is 1.47. The van der Waals surface area contributed by atoms with Crippen molar-refractivity contribution in [3.05, 3.63) is 91.1 Å². The predicted molar refractivity (Wildman–Crippen MR) is 161 cm³/mol. The average Bonchev–Trinajstić information content (AvgIpc) is 3.28. The highest BCUT2D eigenvalue weighted by atomic mass is 35.5. The second kappa shape index (κ2) is 12.1. The molecule has 2 heterocycles. The van der Waals surface area contributed by atoms with Crippen molar-refractivity contribution < 1.29 is 23.7 Å². The van der Waals surface area contributed by atoms with Crippen LogP contribution in [0.3, 0.4) is 0 Å². The van der Waals surface area contributed by atoms with Crippen LogP contribution in [-0.4, -0.2) is 19.7 Å². The number of hydrogen-bond acceptors (Lipinski definition) is 8. The van der Waals surface area contributed by atoms with Gasteiger partial charge in [0, 0.05) is 26.7 Å². The molecule has 1 aromatic heterocycles. The van der Waals surface area contributed by atoms with Crippen LogP contribution in [-0.2, 0) is 0 Å². The number of rotatable bonds is 8. The largest absolute Gasteiger partial charge is 0.493 e. The third-order valence-corrected chi connectivity index (χ3v) is 8.64. The van der Waals surface area contributed by atoms with Gasteiger partial charge in [0.15, 0.2) is 11.5 Å². The lowest BCUT2D eigenvalue weighted by Gasteiger charge is -2.27. The Kier molecular flexibility index (Phi) is 8.52. The molecule has 7 nitrogen and oxygen atoms in total. The summed E-state index contributed by atoms with van der Waals surface area (Å²) in [6.07, 6.45) is 1.92. The van der Waals surface area contributed by atoms with Crippen molar-refractivity contribution in [2.45, 2.75) is 25.7 Å². The van der Waals surface area contributed by atoms with Crippen LogP contribution in [0.4, 0.5) is 0 Å². The number of halogens is 3. The van der Waals surface area contributed by atoms with Gasteiger partial charge in [-0.2, -0.15) is 5.26 Å². The van der Waals surface area contributed by atoms with E-state index in [0.717, 1.165) is 29.7 Å². The highest BCUT2D eigenvalue weighted by Crippen LogP contribution is 2.46. The topological polar surface area (TPSA) is 104 Å². The molecule has 0 saturated heterocycles. The smallest absolute Gasteiger partial charge is 0.355 e. The van der Waals surface area contributed by atoms with Crippen LogP contribution in [0.15, 0.2) is 60.0 Å². The first-order valence-corrected chi connectivity index (χ1v) is 14.5. The third kappa shape index (κ3) is 5.64. The maximum absolute atomic E-state index is 13.1. The van der Waals surface area contributed by atoms with Crippen molar-refractivity contribution in [1.29, 1.82) is 5.26 Å². The lowest BCUT2D eigenvalue weighted by molar-refractivity contribution is 0.0740. The van der Waals surface area contributed by atoms with Gasteiger partial charge in [-0.1, -0.05) is 60.3 Å². The van der Waals surface area contributed by atoms with Crippen LogP contribution < -0.4 is 24.7 Å². The number of nitriles is 1. The quantitative estimate of drug-likeness (QED) is 0.118. The minimum absolute atomic E-state index is 0.0465. The van der Waals surface area contributed by atoms with Crippen molar-refractivity contribution in [1.82, 2.24) is 0 Å². The molecule has 0 amide bonds. The summed E-state index contributed by atoms with van der Waals surface area (Å²) in [5.74, 6) is 0.436. The van der Waals surface area contributed by atoms with Crippen LogP contribution in [0.1, 0.15) is 46.5 Å². The van der Waals surface area contributed by atoms with Crippen LogP contribution in [0.25, 0.3) is 10.1 Å². The van der Waals surface area contributed by atoms with Gasteiger partial charge >= 0.3 is 5.97 Å². The van der Waals surface area contributed by atoms with Gasteiger partial charge in [0.05, 0.1) is 29.7 Å². The number of allylic oxidation sites excluding steroid dienone is 1. The first-order chi connectivity index (χ1) is 19.7. The van der Waals surface area contributed by atoms with Crippen molar-refractivity contribution in [2.24, 2.45) is 5.73 Å². The van der Waals surface area contributed by atoms with E-state index in [9.17, 15) is 10.1 Å². The monoisotopic (exact) mass is 628 g/mol. The molecule has 0 spiro atoms. The first-order valence-electron chi connectivity index (χ1n) is 12.6. The van der Waals surface area contributed by atoms with E-state index in [1.807, 2.05) is 18.2 Å². The Morgan fingerprint density at radius 1 is 1.12 bits per heavy atom. The Bertz CT molecular complexity index is 1740. The molecule has 3 aromatic carbocycles. The molecule has 0 fully saturated rings. The van der Waals surface area contributed by atoms with Crippen molar-refractivity contribution in [2.75, 3.05) is 13.7 Å². The number of carbonyl (C=O) groups is 1. The predicted octanol–water partition coefficient (Wildman–Crippen LogP) is 8.49. The Hall–Kier alpha value is -3.61. The van der Waals surface area contributed by atoms with Crippen LogP contribution in [0, 0.1) is 11.3 Å². The molecule has 11 heteroatoms. The molecule has 4 aromatic rings. The standard InChI is InChI=1S/C30H23Cl3N2O5S/c1-3-4-9-38-21-8-5-15(10-23(21)37-2)25-18-7-6-17(13-22(18)40-29(35)19(25)14-34)39-30(36)28-27(33)26-20(32)11-16(31)12-24(26)41-28/h5-8,10-13,25H,3-4,9,35H2,1-2H3. The second-order valence-electron chi connectivity index (χ2n) is 9.13. The number of nitrogens with zero attached hydrogens (tertiary/aromatic N) is 1. The molecular weight excluding hydrogens is 607 g/mol. The van der Waals surface area contributed by atoms with Gasteiger partial charge < -0.3 is 24.7 Å². The highest BCUT2D eigenvalue weighted by Gasteiger charge is 2.32. The molecule has 41 heavy (non-hydrogen) atoms. The minimum Gasteiger partial charge on any atom is -0.493 e. The number of thiophene rings is 1. The van der Waals surface area contributed by atoms with E-state index in [4.69, 9.17) is 59.5 Å². The van der Waals surface area contributed by atoms with E-state index in [-0.39, 0.29) is 27.1 Å². The van der Waals surface area contributed by atoms with E-state index < -0.39 is 11.9 Å². The van der Waals surface area contributed by atoms with Crippen LogP contribution in [0.2, 0.25) is 15.1 Å². The van der Waals surface area contributed by atoms with Gasteiger partial charge in [-0.05, 0) is 42.3 Å². The first kappa shape index (κ1) is 28.9. The number of ether oxygens (including phenoxy) is 4. The Morgan fingerprint density at radius 3 is 2.66 bits per heavy atom. The molecular formula is C30H23Cl3N2O5S. The number of hydrogen-bond donors (Lipinski definition) is 1. The number of benzene rings is 3. The summed E-state index contributed by atoms with van der Waals surface area (Å²) in [6.45, 7) is 2.65. The van der Waals surface area contributed by atoms with Gasteiger partial charge in [-0.3, -0.25) is 0 Å². The highest BCUT2D eigenvalue weighted by molar-refractivity contribution is 7.21. The number of methoxy groups -OCH3 is 1. The van der Waals surface area contributed by atoms with Crippen molar-refractivity contribution >= 4 is 62.2 Å². The molecule has 0 aliphatic carbocycles. The van der Waals surface area contributed by atoms with E-state index in [1.165, 1.54) is 0 Å². The summed E-state index contributed by atoms with van der Waals surface area (Å²) in [6, 6.07) is 15.8. The van der Waals surface area contributed by atoms with Gasteiger partial charge in [-0.15, -0.1) is 11.3 Å². The Labute approximate surface area is 255 Å². The van der Waals surface area contributed by atoms with Gasteiger partial charge in [0.2, 0.25) is 5.88 Å². The third-order valence-electron chi connectivity index (χ3n) is 6.51. The minimum atomic E-state index is -0.666. The Morgan fingerprint density at radius 2 is 1.93 bits per heavy atom. The fourth-order valence-electron chi connectivity index (χ4n) is 4.55. The SMILES string of the molecule is CCCCOc1ccc(C2C(C#N)=C(N)Oc3cc(OC(=O)c4sc5cc(Cl)cc(Cl)c5c4Cl)ccc32)cc1OC. The number of unbranched alkanes of at least 4 members (excludes halogenated alkanes) is 1. The summed E-state index contributed by atoms with van der Waals surface area (Å²) in [4.78, 5) is 13.3. The van der Waals surface area contributed by atoms with Crippen LogP contribution in [0.5, 0.6) is 23.0 Å². The van der Waals surface area contributed by atoms with E-state index in [2.05, 4.69) is 13.0 Å². The zero-order chi connectivity index (χ0) is 29.3. The maximum atomic E-state index is 13.1. The van der Waals surface area contributed by atoms with E-state index >= 15 is 0 Å². The van der Waals surface area contributed by atoms with Gasteiger partial charge in [0.25, 0.3) is 0 Å². The fraction of sp³-hybridized carbons (Fsp3) is 0.200. The summed E-state index contributed by atoms with van der Waals surface area (Å²) in [5.41, 5.74) is 7.85. The summed E-state index contributed by atoms with van der Waals surface area (Å²) >= 11 is 20.0. The van der Waals surface area contributed by atoms with E-state index in [0.29, 0.717) is 49.6 Å². The lowest BCUT2D eigenvalue weighted by atomic mass is 9.83. The van der Waals surface area contributed by atoms with Crippen molar-refractivity contribution in [3.63, 3.8) is 0 Å². The number of nitrogens with two attached hydrogens (primary N) is 1. The second-order valence-corrected chi connectivity index (χ2v) is 11.4. The van der Waals surface area contributed by atoms with E-state index in [1.54, 1.807) is 37.4 Å². The molecule has 5 rings (SSSR count). The molecule has 1 aliphatic heterocycles. The molecule has 1 atom stereocenters. The molecule has 210 valence electrons. The normalized spacial score (nSPS) is 14.3. The number of fused-ring (bicyclic) bond motifs is 2. The zero-order valence-electron chi connectivity index (χ0n) is 21.9. The molecule has 1 aliphatic rings. The molecule has 2 N–H and O–H groups in total. The molecule has 0 radical (unpaired) electrons. The summed E-state index contributed by atoms with van der Waals surface area (Å²) in [5, 5.41) is 11.4. The lowest BCUT2D eigenvalue weighted by Crippen LogP contribution is -2.21. The molecule has 0 bridgehead atoms. The summed E-state index contributed by atoms with van der Waals surface area (Å²) in [7, 11) is 1.56. The maximum Gasteiger partial charge on any atom is 0.355 e. The van der Waals surface area contributed by atoms with Crippen molar-refractivity contribution in [3.8, 4) is 29.1 Å². The molecule has 1 unspecified atom stereocenters.